The lowest BCUT2D eigenvalue weighted by molar-refractivity contribution is -0.116. The molecule has 4 aromatic rings. The van der Waals surface area contributed by atoms with Crippen LogP contribution in [0.15, 0.2) is 29.3 Å². The third kappa shape index (κ3) is 2.97. The summed E-state index contributed by atoms with van der Waals surface area (Å²) in [5.41, 5.74) is 1.97. The number of anilines is 1. The van der Waals surface area contributed by atoms with Gasteiger partial charge < -0.3 is 9.88 Å². The van der Waals surface area contributed by atoms with Crippen LogP contribution in [0.3, 0.4) is 0 Å². The summed E-state index contributed by atoms with van der Waals surface area (Å²) in [5, 5.41) is 2.87. The normalized spacial score (nSPS) is 11.4. The third-order valence-electron chi connectivity index (χ3n) is 4.17. The molecule has 0 spiro atoms. The van der Waals surface area contributed by atoms with Gasteiger partial charge in [-0.2, -0.15) is 0 Å². The molecule has 1 N–H and O–H groups in total. The number of pyridine rings is 1. The zero-order valence-electron chi connectivity index (χ0n) is 14.3. The summed E-state index contributed by atoms with van der Waals surface area (Å²) in [5.74, 6) is -2.32. The van der Waals surface area contributed by atoms with Crippen LogP contribution in [0.1, 0.15) is 5.56 Å². The number of carbonyl (C=O) groups excluding carboxylic acids is 1. The lowest BCUT2D eigenvalue weighted by atomic mass is 10.2. The van der Waals surface area contributed by atoms with Crippen molar-refractivity contribution in [1.29, 1.82) is 0 Å². The molecule has 1 aromatic carbocycles. The average Bonchev–Trinajstić information content (AvgIpc) is 3.17. The van der Waals surface area contributed by atoms with E-state index in [2.05, 4.69) is 15.3 Å². The predicted molar refractivity (Wildman–Crippen MR) is 97.9 cm³/mol. The first-order chi connectivity index (χ1) is 12.8. The molecule has 0 aliphatic rings. The Morgan fingerprint density at radius 3 is 2.78 bits per heavy atom. The molecule has 27 heavy (non-hydrogen) atoms. The second kappa shape index (κ2) is 6.23. The Kier molecular flexibility index (Phi) is 3.99. The summed E-state index contributed by atoms with van der Waals surface area (Å²) >= 11 is 1.05. The van der Waals surface area contributed by atoms with Gasteiger partial charge in [-0.25, -0.2) is 18.7 Å². The van der Waals surface area contributed by atoms with Crippen LogP contribution in [-0.4, -0.2) is 25.0 Å². The molecular formula is C17H13F2N5O2S. The molecule has 4 rings (SSSR count). The van der Waals surface area contributed by atoms with Crippen molar-refractivity contribution in [3.63, 3.8) is 0 Å². The van der Waals surface area contributed by atoms with E-state index in [9.17, 15) is 18.4 Å². The van der Waals surface area contributed by atoms with Gasteiger partial charge in [0.25, 0.3) is 5.56 Å². The largest absolute Gasteiger partial charge is 0.320 e. The number of nitrogens with zero attached hydrogens (tertiary/aromatic N) is 4. The topological polar surface area (TPSA) is 81.8 Å². The fourth-order valence-electron chi connectivity index (χ4n) is 2.89. The molecule has 0 saturated carbocycles. The molecular weight excluding hydrogens is 376 g/mol. The van der Waals surface area contributed by atoms with E-state index >= 15 is 0 Å². The molecule has 7 nitrogen and oxygen atoms in total. The second-order valence-corrected chi connectivity index (χ2v) is 7.10. The number of aryl methyl sites for hydroxylation is 2. The van der Waals surface area contributed by atoms with Crippen molar-refractivity contribution in [2.45, 2.75) is 13.5 Å². The predicted octanol–water partition coefficient (Wildman–Crippen LogP) is 2.57. The molecule has 0 radical (unpaired) electrons. The van der Waals surface area contributed by atoms with Gasteiger partial charge in [-0.15, -0.1) is 0 Å². The lowest BCUT2D eigenvalue weighted by Gasteiger charge is -2.07. The van der Waals surface area contributed by atoms with Gasteiger partial charge in [0.15, 0.2) is 22.4 Å². The Hall–Kier alpha value is -3.14. The van der Waals surface area contributed by atoms with Crippen molar-refractivity contribution >= 4 is 43.8 Å². The SMILES string of the molecule is Cc1cc(=O)n(C)c2ncn(CC(=O)Nc3nc4cc(F)c(F)cc4s3)c12. The Morgan fingerprint density at radius 1 is 1.26 bits per heavy atom. The maximum Gasteiger partial charge on any atom is 0.252 e. The first-order valence-electron chi connectivity index (χ1n) is 7.90. The Bertz CT molecular complexity index is 1240. The summed E-state index contributed by atoms with van der Waals surface area (Å²) in [7, 11) is 1.61. The molecule has 0 fully saturated rings. The number of hydrogen-bond donors (Lipinski definition) is 1. The van der Waals surface area contributed by atoms with Crippen LogP contribution in [0.2, 0.25) is 0 Å². The third-order valence-corrected chi connectivity index (χ3v) is 5.10. The Balaban J connectivity index is 1.61. The molecule has 0 aliphatic heterocycles. The zero-order valence-corrected chi connectivity index (χ0v) is 15.1. The van der Waals surface area contributed by atoms with E-state index in [1.807, 2.05) is 0 Å². The molecule has 1 amide bonds. The van der Waals surface area contributed by atoms with Gasteiger partial charge in [0, 0.05) is 19.2 Å². The van der Waals surface area contributed by atoms with Crippen LogP contribution < -0.4 is 10.9 Å². The Morgan fingerprint density at radius 2 is 2.00 bits per heavy atom. The summed E-state index contributed by atoms with van der Waals surface area (Å²) < 4.78 is 30.1. The molecule has 0 bridgehead atoms. The number of thiazole rings is 1. The number of halogens is 2. The quantitative estimate of drug-likeness (QED) is 0.584. The summed E-state index contributed by atoms with van der Waals surface area (Å²) in [6.45, 7) is 1.73. The highest BCUT2D eigenvalue weighted by Crippen LogP contribution is 2.27. The summed E-state index contributed by atoms with van der Waals surface area (Å²) in [6.07, 6.45) is 1.49. The van der Waals surface area contributed by atoms with Gasteiger partial charge in [0.2, 0.25) is 5.91 Å². The van der Waals surface area contributed by atoms with Gasteiger partial charge in [-0.3, -0.25) is 14.2 Å². The fourth-order valence-corrected chi connectivity index (χ4v) is 3.77. The van der Waals surface area contributed by atoms with E-state index in [0.717, 1.165) is 23.5 Å². The number of imidazole rings is 1. The molecule has 3 heterocycles. The van der Waals surface area contributed by atoms with E-state index < -0.39 is 11.6 Å². The van der Waals surface area contributed by atoms with Gasteiger partial charge in [0.05, 0.1) is 22.1 Å². The van der Waals surface area contributed by atoms with Crippen molar-refractivity contribution < 1.29 is 13.6 Å². The number of rotatable bonds is 3. The Labute approximate surface area is 154 Å². The van der Waals surface area contributed by atoms with Gasteiger partial charge >= 0.3 is 0 Å². The van der Waals surface area contributed by atoms with Crippen molar-refractivity contribution in [2.24, 2.45) is 7.05 Å². The number of fused-ring (bicyclic) bond motifs is 2. The number of nitrogens with one attached hydrogen (secondary N) is 1. The van der Waals surface area contributed by atoms with Crippen LogP contribution in [0, 0.1) is 18.6 Å². The molecule has 0 unspecified atom stereocenters. The van der Waals surface area contributed by atoms with Crippen LogP contribution >= 0.6 is 11.3 Å². The molecule has 0 atom stereocenters. The van der Waals surface area contributed by atoms with Crippen molar-refractivity contribution in [3.8, 4) is 0 Å². The number of benzene rings is 1. The number of carbonyl (C=O) groups is 1. The van der Waals surface area contributed by atoms with Crippen molar-refractivity contribution in [1.82, 2.24) is 19.1 Å². The lowest BCUT2D eigenvalue weighted by Crippen LogP contribution is -2.20. The zero-order chi connectivity index (χ0) is 19.3. The van der Waals surface area contributed by atoms with Gasteiger partial charge in [-0.1, -0.05) is 11.3 Å². The maximum absolute atomic E-state index is 13.3. The van der Waals surface area contributed by atoms with Gasteiger partial charge in [0.1, 0.15) is 6.54 Å². The molecule has 3 aromatic heterocycles. The first kappa shape index (κ1) is 17.3. The van der Waals surface area contributed by atoms with Crippen LogP contribution in [0.4, 0.5) is 13.9 Å². The van der Waals surface area contributed by atoms with E-state index in [1.54, 1.807) is 18.5 Å². The molecule has 138 valence electrons. The van der Waals surface area contributed by atoms with Crippen molar-refractivity contribution in [2.75, 3.05) is 5.32 Å². The van der Waals surface area contributed by atoms with E-state index in [0.29, 0.717) is 21.4 Å². The highest BCUT2D eigenvalue weighted by atomic mass is 32.1. The molecule has 0 aliphatic carbocycles. The summed E-state index contributed by atoms with van der Waals surface area (Å²) in [6, 6.07) is 3.52. The number of aromatic nitrogens is 4. The maximum atomic E-state index is 13.3. The number of hydrogen-bond acceptors (Lipinski definition) is 5. The molecule has 0 saturated heterocycles. The minimum absolute atomic E-state index is 0.0474. The van der Waals surface area contributed by atoms with Crippen LogP contribution in [-0.2, 0) is 18.4 Å². The van der Waals surface area contributed by atoms with Crippen molar-refractivity contribution in [3.05, 3.63) is 52.1 Å². The summed E-state index contributed by atoms with van der Waals surface area (Å²) in [4.78, 5) is 32.5. The fraction of sp³-hybridized carbons (Fsp3) is 0.176. The smallest absolute Gasteiger partial charge is 0.252 e. The molecule has 10 heteroatoms. The average molecular weight is 389 g/mol. The monoisotopic (exact) mass is 389 g/mol. The number of amides is 1. The van der Waals surface area contributed by atoms with Gasteiger partial charge in [-0.05, 0) is 18.6 Å². The first-order valence-corrected chi connectivity index (χ1v) is 8.72. The highest BCUT2D eigenvalue weighted by Gasteiger charge is 2.15. The standard InChI is InChI=1S/C17H13F2N5O2S/c1-8-3-14(26)23(2)16-15(8)24(7-20-16)6-13(25)22-17-21-11-4-9(18)10(19)5-12(11)27-17/h3-5,7H,6H2,1-2H3,(H,21,22,25). The minimum atomic E-state index is -0.989. The highest BCUT2D eigenvalue weighted by molar-refractivity contribution is 7.22. The second-order valence-electron chi connectivity index (χ2n) is 6.07. The van der Waals surface area contributed by atoms with Crippen LogP contribution in [0.25, 0.3) is 21.4 Å². The van der Waals surface area contributed by atoms with Crippen LogP contribution in [0.5, 0.6) is 0 Å². The minimum Gasteiger partial charge on any atom is -0.320 e. The van der Waals surface area contributed by atoms with E-state index in [4.69, 9.17) is 0 Å². The van der Waals surface area contributed by atoms with E-state index in [1.165, 1.54) is 17.0 Å². The van der Waals surface area contributed by atoms with E-state index in [-0.39, 0.29) is 28.7 Å².